The molecule has 1 aromatic rings. The van der Waals surface area contributed by atoms with Gasteiger partial charge in [0, 0.05) is 5.69 Å². The molecule has 0 spiro atoms. The van der Waals surface area contributed by atoms with Gasteiger partial charge in [-0.15, -0.1) is 0 Å². The molecule has 0 atom stereocenters. The van der Waals surface area contributed by atoms with E-state index in [1.54, 1.807) is 0 Å². The lowest BCUT2D eigenvalue weighted by molar-refractivity contribution is -0.136. The number of benzene rings is 1. The van der Waals surface area contributed by atoms with Crippen LogP contribution in [0.5, 0.6) is 0 Å². The molecule has 0 saturated carbocycles. The maximum atomic E-state index is 12.2. The summed E-state index contributed by atoms with van der Waals surface area (Å²) in [4.78, 5) is 2.75. The van der Waals surface area contributed by atoms with Crippen molar-refractivity contribution in [1.82, 2.24) is 0 Å². The number of hydrogen-bond acceptors (Lipinski definition) is 1. The number of halogens is 3. The summed E-state index contributed by atoms with van der Waals surface area (Å²) < 4.78 is 36.5. The third-order valence-electron chi connectivity index (χ3n) is 1.45. The topological polar surface area (TPSA) is 30.4 Å². The molecule has 0 unspecified atom stereocenters. The minimum absolute atomic E-state index is 0.152. The predicted molar refractivity (Wildman–Crippen MR) is 42.1 cm³/mol. The van der Waals surface area contributed by atoms with Crippen LogP contribution in [0, 0.1) is 6.57 Å². The van der Waals surface area contributed by atoms with Crippen LogP contribution >= 0.6 is 0 Å². The van der Waals surface area contributed by atoms with Crippen molar-refractivity contribution in [3.05, 3.63) is 35.2 Å². The molecule has 1 aromatic carbocycles. The number of hydrogen-bond donors (Lipinski definition) is 1. The zero-order valence-electron chi connectivity index (χ0n) is 6.39. The Morgan fingerprint density at radius 3 is 2.38 bits per heavy atom. The molecule has 0 aliphatic carbocycles. The van der Waals surface area contributed by atoms with Gasteiger partial charge in [0.2, 0.25) is 5.69 Å². The summed E-state index contributed by atoms with van der Waals surface area (Å²) in [6, 6.07) is 2.94. The maximum Gasteiger partial charge on any atom is 0.407 e. The fourth-order valence-corrected chi connectivity index (χ4v) is 0.881. The van der Waals surface area contributed by atoms with E-state index in [0.717, 1.165) is 18.2 Å². The predicted octanol–water partition coefficient (Wildman–Crippen LogP) is 2.84. The van der Waals surface area contributed by atoms with Crippen LogP contribution < -0.4 is 5.73 Å². The fourth-order valence-electron chi connectivity index (χ4n) is 0.881. The summed E-state index contributed by atoms with van der Waals surface area (Å²) in [6.07, 6.45) is -4.49. The van der Waals surface area contributed by atoms with Crippen LogP contribution in [-0.2, 0) is 6.18 Å². The Balaban J connectivity index is 3.32. The van der Waals surface area contributed by atoms with Crippen LogP contribution in [0.25, 0.3) is 4.85 Å². The summed E-state index contributed by atoms with van der Waals surface area (Å²) >= 11 is 0. The van der Waals surface area contributed by atoms with E-state index in [-0.39, 0.29) is 5.69 Å². The largest absolute Gasteiger partial charge is 0.407 e. The van der Waals surface area contributed by atoms with Gasteiger partial charge in [-0.05, 0) is 12.1 Å². The number of nitrogens with two attached hydrogens (primary N) is 1. The molecule has 2 N–H and O–H groups in total. The summed E-state index contributed by atoms with van der Waals surface area (Å²) in [7, 11) is 0. The second-order valence-corrected chi connectivity index (χ2v) is 2.39. The summed E-state index contributed by atoms with van der Waals surface area (Å²) in [5.41, 5.74) is 3.97. The maximum absolute atomic E-state index is 12.2. The third kappa shape index (κ3) is 1.90. The first-order valence-electron chi connectivity index (χ1n) is 3.29. The summed E-state index contributed by atoms with van der Waals surface area (Å²) in [6.45, 7) is 6.53. The Morgan fingerprint density at radius 2 is 1.92 bits per heavy atom. The zero-order chi connectivity index (χ0) is 10.1. The highest BCUT2D eigenvalue weighted by atomic mass is 19.4. The highest BCUT2D eigenvalue weighted by Gasteiger charge is 2.33. The Hall–Kier alpha value is -1.70. The van der Waals surface area contributed by atoms with Gasteiger partial charge in [0.15, 0.2) is 0 Å². The molecular weight excluding hydrogens is 181 g/mol. The molecule has 2 nitrogen and oxygen atoms in total. The molecule has 1 rings (SSSR count). The van der Waals surface area contributed by atoms with Crippen molar-refractivity contribution in [3.63, 3.8) is 0 Å². The summed E-state index contributed by atoms with van der Waals surface area (Å²) in [5, 5.41) is 0. The van der Waals surface area contributed by atoms with E-state index in [1.807, 2.05) is 0 Å². The smallest absolute Gasteiger partial charge is 0.400 e. The van der Waals surface area contributed by atoms with E-state index in [0.29, 0.717) is 0 Å². The lowest BCUT2D eigenvalue weighted by Crippen LogP contribution is -2.05. The number of anilines is 1. The van der Waals surface area contributed by atoms with Crippen molar-refractivity contribution in [2.75, 3.05) is 5.73 Å². The molecule has 0 aromatic heterocycles. The van der Waals surface area contributed by atoms with Crippen molar-refractivity contribution in [2.45, 2.75) is 6.18 Å². The first kappa shape index (κ1) is 9.39. The number of rotatable bonds is 0. The highest BCUT2D eigenvalue weighted by molar-refractivity contribution is 5.61. The molecule has 0 saturated heterocycles. The second kappa shape index (κ2) is 2.98. The average molecular weight is 186 g/mol. The highest BCUT2D eigenvalue weighted by Crippen LogP contribution is 2.37. The lowest BCUT2D eigenvalue weighted by Gasteiger charge is -2.08. The van der Waals surface area contributed by atoms with E-state index in [1.165, 1.54) is 0 Å². The molecule has 0 aliphatic heterocycles. The van der Waals surface area contributed by atoms with Crippen molar-refractivity contribution >= 4 is 11.4 Å². The monoisotopic (exact) mass is 186 g/mol. The standard InChI is InChI=1S/C8H5F3N2/c1-13-7-4-5(12)2-3-6(7)8(9,10)11/h2-4H,12H2. The first-order chi connectivity index (χ1) is 5.95. The number of nitrogen functional groups attached to an aromatic ring is 1. The van der Waals surface area contributed by atoms with Gasteiger partial charge >= 0.3 is 6.18 Å². The Bertz CT molecular complexity index is 363. The normalized spacial score (nSPS) is 10.9. The zero-order valence-corrected chi connectivity index (χ0v) is 6.39. The number of nitrogens with zero attached hydrogens (tertiary/aromatic N) is 1. The molecule has 0 aliphatic rings. The van der Waals surface area contributed by atoms with Gasteiger partial charge in [0.1, 0.15) is 0 Å². The fraction of sp³-hybridized carbons (Fsp3) is 0.125. The van der Waals surface area contributed by atoms with Gasteiger partial charge in [0.05, 0.1) is 12.1 Å². The first-order valence-corrected chi connectivity index (χ1v) is 3.29. The second-order valence-electron chi connectivity index (χ2n) is 2.39. The SMILES string of the molecule is [C-]#[N+]c1cc(N)ccc1C(F)(F)F. The van der Waals surface area contributed by atoms with E-state index < -0.39 is 17.4 Å². The molecule has 13 heavy (non-hydrogen) atoms. The molecular formula is C8H5F3N2. The molecule has 0 radical (unpaired) electrons. The molecule has 0 heterocycles. The Kier molecular flexibility index (Phi) is 2.15. The minimum atomic E-state index is -4.49. The Labute approximate surface area is 72.6 Å². The lowest BCUT2D eigenvalue weighted by atomic mass is 10.1. The molecule has 0 amide bonds. The average Bonchev–Trinajstić information content (AvgIpc) is 2.01. The van der Waals surface area contributed by atoms with Crippen molar-refractivity contribution in [3.8, 4) is 0 Å². The quantitative estimate of drug-likeness (QED) is 0.490. The molecule has 5 heteroatoms. The van der Waals surface area contributed by atoms with Gasteiger partial charge in [-0.25, -0.2) is 4.85 Å². The van der Waals surface area contributed by atoms with E-state index in [4.69, 9.17) is 12.3 Å². The molecule has 0 bridgehead atoms. The van der Waals surface area contributed by atoms with Crippen LogP contribution in [0.3, 0.4) is 0 Å². The van der Waals surface area contributed by atoms with Gasteiger partial charge in [-0.1, -0.05) is 6.07 Å². The Morgan fingerprint density at radius 1 is 1.31 bits per heavy atom. The van der Waals surface area contributed by atoms with Crippen molar-refractivity contribution in [2.24, 2.45) is 0 Å². The van der Waals surface area contributed by atoms with Crippen LogP contribution in [-0.4, -0.2) is 0 Å². The van der Waals surface area contributed by atoms with E-state index in [9.17, 15) is 13.2 Å². The summed E-state index contributed by atoms with van der Waals surface area (Å²) in [5.74, 6) is 0. The van der Waals surface area contributed by atoms with Crippen molar-refractivity contribution in [1.29, 1.82) is 0 Å². The van der Waals surface area contributed by atoms with Gasteiger partial charge in [0.25, 0.3) is 0 Å². The van der Waals surface area contributed by atoms with Gasteiger partial charge < -0.3 is 5.73 Å². The van der Waals surface area contributed by atoms with Gasteiger partial charge in [-0.2, -0.15) is 13.2 Å². The number of alkyl halides is 3. The molecule has 0 fully saturated rings. The third-order valence-corrected chi connectivity index (χ3v) is 1.45. The van der Waals surface area contributed by atoms with Crippen LogP contribution in [0.2, 0.25) is 0 Å². The minimum Gasteiger partial charge on any atom is -0.400 e. The van der Waals surface area contributed by atoms with E-state index in [2.05, 4.69) is 4.85 Å². The van der Waals surface area contributed by atoms with Crippen LogP contribution in [0.1, 0.15) is 5.56 Å². The van der Waals surface area contributed by atoms with Gasteiger partial charge in [-0.3, -0.25) is 0 Å². The van der Waals surface area contributed by atoms with Crippen molar-refractivity contribution < 1.29 is 13.2 Å². The van der Waals surface area contributed by atoms with Crippen LogP contribution in [0.15, 0.2) is 18.2 Å². The molecule has 68 valence electrons. The van der Waals surface area contributed by atoms with E-state index >= 15 is 0 Å². The van der Waals surface area contributed by atoms with Crippen LogP contribution in [0.4, 0.5) is 24.5 Å².